The molecule has 0 aliphatic carbocycles. The van der Waals surface area contributed by atoms with Crippen molar-refractivity contribution in [3.63, 3.8) is 0 Å². The van der Waals surface area contributed by atoms with Crippen LogP contribution in [0.3, 0.4) is 0 Å². The Bertz CT molecular complexity index is 715. The number of nitrogens with one attached hydrogen (secondary N) is 2. The van der Waals surface area contributed by atoms with E-state index in [0.29, 0.717) is 12.8 Å². The second-order valence-corrected chi connectivity index (χ2v) is 7.78. The maximum Gasteiger partial charge on any atom is 0.303 e. The van der Waals surface area contributed by atoms with Crippen LogP contribution >= 0.6 is 0 Å². The first-order chi connectivity index (χ1) is 14.4. The van der Waals surface area contributed by atoms with Crippen molar-refractivity contribution in [1.29, 1.82) is 0 Å². The molecule has 0 spiro atoms. The first kappa shape index (κ1) is 23.6. The monoisotopic (exact) mass is 412 g/mol. The zero-order valence-electron chi connectivity index (χ0n) is 17.6. The number of hydrogen-bond donors (Lipinski definition) is 4. The van der Waals surface area contributed by atoms with Crippen LogP contribution in [0.4, 0.5) is 0 Å². The van der Waals surface area contributed by atoms with Gasteiger partial charge in [-0.25, -0.2) is 0 Å². The molecule has 6 heteroatoms. The molecule has 4 N–H and O–H groups in total. The largest absolute Gasteiger partial charge is 0.481 e. The van der Waals surface area contributed by atoms with Crippen molar-refractivity contribution in [2.24, 2.45) is 0 Å². The molecule has 0 radical (unpaired) electrons. The molecular formula is C24H32N2O4. The summed E-state index contributed by atoms with van der Waals surface area (Å²) in [5, 5.41) is 25.3. The van der Waals surface area contributed by atoms with Crippen LogP contribution in [0, 0.1) is 0 Å². The summed E-state index contributed by atoms with van der Waals surface area (Å²) in [6.07, 6.45) is 1.26. The van der Waals surface area contributed by atoms with Crippen LogP contribution in [0.5, 0.6) is 0 Å². The highest BCUT2D eigenvalue weighted by Crippen LogP contribution is 2.30. The van der Waals surface area contributed by atoms with E-state index in [0.717, 1.165) is 11.1 Å². The normalized spacial score (nSPS) is 15.1. The minimum Gasteiger partial charge on any atom is -0.481 e. The molecular weight excluding hydrogens is 380 g/mol. The minimum absolute atomic E-state index is 0.00589. The third kappa shape index (κ3) is 7.97. The predicted octanol–water partition coefficient (Wildman–Crippen LogP) is 4.15. The second-order valence-electron chi connectivity index (χ2n) is 7.78. The quantitative estimate of drug-likeness (QED) is 0.394. The molecule has 30 heavy (non-hydrogen) atoms. The molecule has 0 bridgehead atoms. The van der Waals surface area contributed by atoms with Gasteiger partial charge in [0, 0.05) is 24.9 Å². The summed E-state index contributed by atoms with van der Waals surface area (Å²) >= 11 is 0. The zero-order chi connectivity index (χ0) is 21.9. The van der Waals surface area contributed by atoms with Gasteiger partial charge >= 0.3 is 11.9 Å². The predicted molar refractivity (Wildman–Crippen MR) is 117 cm³/mol. The Balaban J connectivity index is 2.31. The Labute approximate surface area is 178 Å². The summed E-state index contributed by atoms with van der Waals surface area (Å²) < 4.78 is 0. The van der Waals surface area contributed by atoms with Crippen LogP contribution in [-0.4, -0.2) is 34.2 Å². The van der Waals surface area contributed by atoms with E-state index >= 15 is 0 Å². The third-order valence-corrected chi connectivity index (χ3v) is 5.16. The highest BCUT2D eigenvalue weighted by molar-refractivity contribution is 5.67. The van der Waals surface area contributed by atoms with Crippen molar-refractivity contribution < 1.29 is 19.8 Å². The lowest BCUT2D eigenvalue weighted by atomic mass is 9.91. The number of benzene rings is 2. The molecule has 0 fully saturated rings. The number of rotatable bonds is 13. The van der Waals surface area contributed by atoms with E-state index in [-0.39, 0.29) is 37.0 Å². The molecule has 0 saturated heterocycles. The van der Waals surface area contributed by atoms with E-state index in [1.165, 1.54) is 0 Å². The maximum absolute atomic E-state index is 11.0. The molecule has 2 aromatic rings. The van der Waals surface area contributed by atoms with Crippen LogP contribution in [0.2, 0.25) is 0 Å². The molecule has 0 aliphatic rings. The first-order valence-electron chi connectivity index (χ1n) is 10.4. The number of carbonyl (C=O) groups is 2. The standard InChI is InChI=1S/C24H32N2O4/c1-17(13-15-21(27)28)25-23(19-9-5-3-6-10-19)24(20-11-7-4-8-12-20)26-18(2)14-16-22(29)30/h3-12,17-18,23-26H,13-16H2,1-2H3,(H,27,28)(H,29,30)/t17?,18?,23-,24-/m0/s1. The van der Waals surface area contributed by atoms with Crippen molar-refractivity contribution in [2.75, 3.05) is 0 Å². The van der Waals surface area contributed by atoms with Crippen LogP contribution in [-0.2, 0) is 9.59 Å². The summed E-state index contributed by atoms with van der Waals surface area (Å²) in [5.74, 6) is -1.61. The molecule has 0 amide bonds. The summed E-state index contributed by atoms with van der Waals surface area (Å²) in [5.41, 5.74) is 2.18. The molecule has 0 aliphatic heterocycles. The van der Waals surface area contributed by atoms with Gasteiger partial charge in [0.2, 0.25) is 0 Å². The lowest BCUT2D eigenvalue weighted by Crippen LogP contribution is -2.42. The molecule has 2 unspecified atom stereocenters. The van der Waals surface area contributed by atoms with Crippen molar-refractivity contribution in [2.45, 2.75) is 63.7 Å². The van der Waals surface area contributed by atoms with E-state index in [9.17, 15) is 9.59 Å². The Morgan fingerprint density at radius 1 is 0.700 bits per heavy atom. The number of hydrogen-bond acceptors (Lipinski definition) is 4. The van der Waals surface area contributed by atoms with Crippen molar-refractivity contribution in [3.05, 3.63) is 71.8 Å². The summed E-state index contributed by atoms with van der Waals surface area (Å²) in [6, 6.07) is 19.9. The highest BCUT2D eigenvalue weighted by atomic mass is 16.4. The molecule has 0 saturated carbocycles. The highest BCUT2D eigenvalue weighted by Gasteiger charge is 2.27. The maximum atomic E-state index is 11.0. The van der Waals surface area contributed by atoms with Gasteiger partial charge in [0.05, 0.1) is 12.1 Å². The molecule has 6 nitrogen and oxygen atoms in total. The molecule has 4 atom stereocenters. The van der Waals surface area contributed by atoms with Gasteiger partial charge in [0.25, 0.3) is 0 Å². The molecule has 2 aromatic carbocycles. The first-order valence-corrected chi connectivity index (χ1v) is 10.4. The van der Waals surface area contributed by atoms with E-state index in [4.69, 9.17) is 10.2 Å². The van der Waals surface area contributed by atoms with Crippen LogP contribution < -0.4 is 10.6 Å². The third-order valence-electron chi connectivity index (χ3n) is 5.16. The number of carboxylic acid groups (broad SMARTS) is 2. The molecule has 162 valence electrons. The van der Waals surface area contributed by atoms with Crippen molar-refractivity contribution in [3.8, 4) is 0 Å². The fraction of sp³-hybridized carbons (Fsp3) is 0.417. The van der Waals surface area contributed by atoms with Crippen LogP contribution in [0.15, 0.2) is 60.7 Å². The summed E-state index contributed by atoms with van der Waals surface area (Å²) in [7, 11) is 0. The minimum atomic E-state index is -0.806. The van der Waals surface area contributed by atoms with Crippen LogP contribution in [0.1, 0.15) is 62.7 Å². The Morgan fingerprint density at radius 2 is 1.03 bits per heavy atom. The second kappa shape index (κ2) is 12.1. The van der Waals surface area contributed by atoms with Gasteiger partial charge < -0.3 is 20.8 Å². The van der Waals surface area contributed by atoms with E-state index in [2.05, 4.69) is 34.9 Å². The number of carboxylic acids is 2. The average Bonchev–Trinajstić information content (AvgIpc) is 2.74. The summed E-state index contributed by atoms with van der Waals surface area (Å²) in [6.45, 7) is 3.99. The Kier molecular flexibility index (Phi) is 9.51. The molecule has 2 rings (SSSR count). The number of aliphatic carboxylic acids is 2. The average molecular weight is 413 g/mol. The zero-order valence-corrected chi connectivity index (χ0v) is 17.6. The lowest BCUT2D eigenvalue weighted by Gasteiger charge is -2.34. The van der Waals surface area contributed by atoms with E-state index in [1.807, 2.05) is 50.2 Å². The van der Waals surface area contributed by atoms with Gasteiger partial charge in [-0.2, -0.15) is 0 Å². The van der Waals surface area contributed by atoms with Crippen molar-refractivity contribution >= 4 is 11.9 Å². The topological polar surface area (TPSA) is 98.7 Å². The smallest absolute Gasteiger partial charge is 0.303 e. The molecule has 0 aromatic heterocycles. The van der Waals surface area contributed by atoms with Gasteiger partial charge in [0.1, 0.15) is 0 Å². The lowest BCUT2D eigenvalue weighted by molar-refractivity contribution is -0.138. The fourth-order valence-corrected chi connectivity index (χ4v) is 3.55. The summed E-state index contributed by atoms with van der Waals surface area (Å²) in [4.78, 5) is 22.0. The fourth-order valence-electron chi connectivity index (χ4n) is 3.55. The van der Waals surface area contributed by atoms with Gasteiger partial charge in [-0.05, 0) is 37.8 Å². The van der Waals surface area contributed by atoms with E-state index in [1.54, 1.807) is 0 Å². The van der Waals surface area contributed by atoms with Crippen molar-refractivity contribution in [1.82, 2.24) is 10.6 Å². The SMILES string of the molecule is CC(CCC(=O)O)N[C@@H](c1ccccc1)[C@@H](NC(C)CCC(=O)O)c1ccccc1. The Hall–Kier alpha value is -2.70. The van der Waals surface area contributed by atoms with E-state index < -0.39 is 11.9 Å². The Morgan fingerprint density at radius 3 is 1.33 bits per heavy atom. The van der Waals surface area contributed by atoms with Gasteiger partial charge in [-0.1, -0.05) is 60.7 Å². The van der Waals surface area contributed by atoms with Crippen LogP contribution in [0.25, 0.3) is 0 Å². The van der Waals surface area contributed by atoms with Gasteiger partial charge in [0.15, 0.2) is 0 Å². The van der Waals surface area contributed by atoms with Gasteiger partial charge in [-0.3, -0.25) is 9.59 Å². The van der Waals surface area contributed by atoms with Gasteiger partial charge in [-0.15, -0.1) is 0 Å². The molecule has 0 heterocycles.